The number of pyridine rings is 3. The van der Waals surface area contributed by atoms with Crippen molar-refractivity contribution in [3.63, 3.8) is 0 Å². The summed E-state index contributed by atoms with van der Waals surface area (Å²) in [5.41, 5.74) is 20.1. The van der Waals surface area contributed by atoms with Gasteiger partial charge in [0.25, 0.3) is 0 Å². The molecule has 3 aromatic carbocycles. The first-order valence-electron chi connectivity index (χ1n) is 34.2. The molecular formula is C78H91LiN12O13. The van der Waals surface area contributed by atoms with Gasteiger partial charge in [-0.25, -0.2) is 14.4 Å². The molecule has 0 bridgehead atoms. The van der Waals surface area contributed by atoms with Crippen molar-refractivity contribution in [1.29, 1.82) is 0 Å². The summed E-state index contributed by atoms with van der Waals surface area (Å²) < 4.78 is 32.1. The number of ether oxygens (including phenoxy) is 3. The minimum Gasteiger partial charge on any atom is -0.543 e. The normalized spacial score (nSPS) is 13.7. The van der Waals surface area contributed by atoms with Gasteiger partial charge in [-0.05, 0) is 220 Å². The molecule has 3 aliphatic heterocycles. The van der Waals surface area contributed by atoms with Crippen LogP contribution in [0.1, 0.15) is 124 Å². The molecule has 0 saturated carbocycles. The summed E-state index contributed by atoms with van der Waals surface area (Å²) >= 11 is 0. The molecule has 3 saturated heterocycles. The van der Waals surface area contributed by atoms with E-state index in [1.807, 2.05) is 92.4 Å². The van der Waals surface area contributed by atoms with E-state index < -0.39 is 35.0 Å². The van der Waals surface area contributed by atoms with Gasteiger partial charge in [0.2, 0.25) is 0 Å². The number of anilines is 7. The summed E-state index contributed by atoms with van der Waals surface area (Å²) in [6, 6.07) is 38.0. The van der Waals surface area contributed by atoms with Crippen LogP contribution in [0.2, 0.25) is 0 Å². The summed E-state index contributed by atoms with van der Waals surface area (Å²) in [5.74, 6) is 0.685. The summed E-state index contributed by atoms with van der Waals surface area (Å²) in [7, 11) is 0. The van der Waals surface area contributed by atoms with Gasteiger partial charge >= 0.3 is 37.1 Å². The Kier molecular flexibility index (Phi) is 27.5. The maximum absolute atomic E-state index is 13.1. The number of carbonyl (C=O) groups excluding carboxylic acids is 6. The molecule has 3 fully saturated rings. The number of carboxylic acids is 1. The van der Waals surface area contributed by atoms with Gasteiger partial charge in [-0.15, -0.1) is 0 Å². The first kappa shape index (κ1) is 78.8. The number of hydrogen-bond acceptors (Lipinski definition) is 22. The van der Waals surface area contributed by atoms with E-state index in [-0.39, 0.29) is 55.1 Å². The number of rotatable bonds is 15. The Labute approximate surface area is 618 Å². The van der Waals surface area contributed by atoms with Crippen LogP contribution < -0.4 is 66.1 Å². The molecule has 7 N–H and O–H groups in total. The predicted octanol–water partition coefficient (Wildman–Crippen LogP) is 10.2. The SMILES string of the molecule is CC(C)(C)OC(=O)N1CCN(c2ccc(C(=O)[O-])nc2)CC1.CC(C)(C)OC(=O)Nc1ccc(-c2ccco2)cc1CC(=O)c1ccc(N2CCCCC2)cn1.CC(C)(C)OC(=O)Nc1ccc(-c2ccco2)cc1N.Nc1ccc(-c2ccco2)cc1CC(=O)c1ccc(N2CCNCC2)cn1.[Li+]. The number of piperazine rings is 2. The van der Waals surface area contributed by atoms with Crippen molar-refractivity contribution in [2.75, 3.05) is 102 Å². The molecule has 3 aliphatic rings. The molecule has 0 radical (unpaired) electrons. The minimum atomic E-state index is -1.29. The van der Waals surface area contributed by atoms with Gasteiger partial charge in [-0.1, -0.05) is 0 Å². The second-order valence-corrected chi connectivity index (χ2v) is 27.7. The van der Waals surface area contributed by atoms with E-state index in [9.17, 15) is 33.9 Å². The van der Waals surface area contributed by atoms with Gasteiger partial charge in [0.15, 0.2) is 11.6 Å². The number of carboxylic acid groups (broad SMARTS) is 1. The van der Waals surface area contributed by atoms with Gasteiger partial charge in [0.1, 0.15) is 45.5 Å². The number of ketones is 2. The number of aromatic nitrogens is 3. The van der Waals surface area contributed by atoms with Crippen molar-refractivity contribution in [2.24, 2.45) is 0 Å². The Bertz CT molecular complexity index is 4270. The predicted molar refractivity (Wildman–Crippen MR) is 395 cm³/mol. The molecule has 12 rings (SSSR count). The van der Waals surface area contributed by atoms with E-state index in [0.717, 1.165) is 90.1 Å². The molecule has 9 aromatic rings. The third-order valence-electron chi connectivity index (χ3n) is 16.2. The number of carbonyl (C=O) groups is 6. The first-order valence-corrected chi connectivity index (χ1v) is 34.2. The van der Waals surface area contributed by atoms with Crippen LogP contribution in [0.15, 0.2) is 178 Å². The molecule has 0 spiro atoms. The van der Waals surface area contributed by atoms with Crippen LogP contribution >= 0.6 is 0 Å². The van der Waals surface area contributed by atoms with Crippen molar-refractivity contribution < 1.29 is 80.2 Å². The fourth-order valence-electron chi connectivity index (χ4n) is 11.2. The summed E-state index contributed by atoms with van der Waals surface area (Å²) in [6.45, 7) is 24.6. The quantitative estimate of drug-likeness (QED) is 0.0276. The van der Waals surface area contributed by atoms with E-state index in [0.29, 0.717) is 71.6 Å². The molecule has 0 atom stereocenters. The smallest absolute Gasteiger partial charge is 0.543 e. The first-order chi connectivity index (χ1) is 49.1. The second-order valence-electron chi connectivity index (χ2n) is 27.7. The average Bonchev–Trinajstić information content (AvgIpc) is 1.23. The van der Waals surface area contributed by atoms with Crippen molar-refractivity contribution >= 4 is 75.6 Å². The Morgan fingerprint density at radius 2 is 0.885 bits per heavy atom. The van der Waals surface area contributed by atoms with Crippen LogP contribution in [0.4, 0.5) is 54.2 Å². The monoisotopic (exact) mass is 1410 g/mol. The standard InChI is InChI=1S/C27H31N3O4.C21H22N4O2.C15H21N3O4.C15H18N2O3.Li/c1-27(2,3)34-26(32)29-22-11-9-19(25-8-7-15-33-25)16-20(22)17-24(31)23-12-10-21(18-28-23)30-13-5-4-6-14-30;22-18-5-3-15(21-2-1-11-27-21)12-16(18)13-20(26)19-6-4-17(14-24-19)25-9-7-23-8-10-25;1-15(2,3)22-14(21)18-8-6-17(7-9-18)11-4-5-12(13(19)20)16-10-11;1-15(2,3)20-14(18)17-12-7-6-10(9-11(12)16)13-5-4-8-19-13;/h7-12,15-16,18H,4-6,13-14,17H2,1-3H3,(H,29,32);1-6,11-12,14,23H,7-10,13,22H2;4-5,10H,6-9H2,1-3H3,(H,19,20);4-9H,16H2,1-3H3,(H,17,18);/q;;;;+1/p-1. The molecule has 0 unspecified atom stereocenters. The second kappa shape index (κ2) is 36.3. The van der Waals surface area contributed by atoms with Crippen LogP contribution in [0.3, 0.4) is 0 Å². The molecule has 6 aromatic heterocycles. The van der Waals surface area contributed by atoms with Crippen molar-refractivity contribution in [1.82, 2.24) is 25.2 Å². The molecular weight excluding hydrogens is 1320 g/mol. The van der Waals surface area contributed by atoms with Crippen molar-refractivity contribution in [3.05, 3.63) is 193 Å². The number of aromatic carboxylic acids is 1. The van der Waals surface area contributed by atoms with Crippen LogP contribution in [0, 0.1) is 0 Å². The third-order valence-corrected chi connectivity index (χ3v) is 16.2. The van der Waals surface area contributed by atoms with Crippen molar-refractivity contribution in [3.8, 4) is 34.0 Å². The largest absolute Gasteiger partial charge is 1.00 e. The number of piperidine rings is 1. The van der Waals surface area contributed by atoms with Gasteiger partial charge in [0.05, 0.1) is 77.5 Å². The molecule has 3 amide bonds. The molecule has 542 valence electrons. The van der Waals surface area contributed by atoms with E-state index in [1.54, 1.807) is 132 Å². The van der Waals surface area contributed by atoms with E-state index >= 15 is 0 Å². The molecule has 9 heterocycles. The average molecular weight is 1410 g/mol. The van der Waals surface area contributed by atoms with Crippen LogP contribution in [-0.2, 0) is 27.1 Å². The number of benzene rings is 3. The van der Waals surface area contributed by atoms with Crippen molar-refractivity contribution in [2.45, 2.75) is 111 Å². The molecule has 26 heteroatoms. The summed E-state index contributed by atoms with van der Waals surface area (Å²) in [6.07, 6.45) is 12.4. The number of nitrogens with one attached hydrogen (secondary N) is 3. The minimum absolute atomic E-state index is 0. The Hall–Kier alpha value is -10.9. The molecule has 104 heavy (non-hydrogen) atoms. The topological polar surface area (TPSA) is 332 Å². The van der Waals surface area contributed by atoms with Crippen LogP contribution in [0.25, 0.3) is 34.0 Å². The number of nitrogens with two attached hydrogens (primary N) is 2. The number of furan rings is 3. The van der Waals surface area contributed by atoms with E-state index in [4.69, 9.17) is 38.9 Å². The summed E-state index contributed by atoms with van der Waals surface area (Å²) in [4.78, 5) is 93.5. The summed E-state index contributed by atoms with van der Waals surface area (Å²) in [5, 5.41) is 19.4. The van der Waals surface area contributed by atoms with Crippen LogP contribution in [0.5, 0.6) is 0 Å². The van der Waals surface area contributed by atoms with Gasteiger partial charge in [-0.3, -0.25) is 35.2 Å². The van der Waals surface area contributed by atoms with Gasteiger partial charge in [0, 0.05) is 106 Å². The maximum Gasteiger partial charge on any atom is 1.00 e. The number of nitrogens with zero attached hydrogens (tertiary/aromatic N) is 7. The Morgan fingerprint density at radius 3 is 1.32 bits per heavy atom. The fraction of sp³-hybridized carbons (Fsp3) is 0.346. The Morgan fingerprint density at radius 1 is 0.471 bits per heavy atom. The van der Waals surface area contributed by atoms with Gasteiger partial charge in [-0.2, -0.15) is 0 Å². The van der Waals surface area contributed by atoms with Gasteiger partial charge < -0.3 is 73.7 Å². The number of nitrogen functional groups attached to an aromatic ring is 2. The third kappa shape index (κ3) is 23.9. The number of Topliss-reactive ketones (excluding diaryl/α,β-unsaturated/α-hetero) is 2. The number of hydrogen-bond donors (Lipinski definition) is 5. The fourth-order valence-corrected chi connectivity index (χ4v) is 11.2. The maximum atomic E-state index is 13.1. The van der Waals surface area contributed by atoms with E-state index in [1.165, 1.54) is 31.5 Å². The van der Waals surface area contributed by atoms with Crippen LogP contribution in [-0.4, -0.2) is 138 Å². The Balaban J connectivity index is 0.000000179. The number of amides is 3. The molecule has 0 aliphatic carbocycles. The molecule has 25 nitrogen and oxygen atoms in total. The zero-order valence-electron chi connectivity index (χ0n) is 60.8. The zero-order valence-corrected chi connectivity index (χ0v) is 60.8. The van der Waals surface area contributed by atoms with E-state index in [2.05, 4.69) is 40.7 Å². The zero-order chi connectivity index (χ0) is 73.8.